The van der Waals surface area contributed by atoms with Gasteiger partial charge in [0.2, 0.25) is 0 Å². The fraction of sp³-hybridized carbons (Fsp3) is 0. The van der Waals surface area contributed by atoms with Crippen LogP contribution >= 0.6 is 0 Å². The molecule has 0 spiro atoms. The highest BCUT2D eigenvalue weighted by atomic mass is 16.3. The molecule has 0 aliphatic heterocycles. The molecule has 42 heavy (non-hydrogen) atoms. The zero-order valence-electron chi connectivity index (χ0n) is 22.9. The lowest BCUT2D eigenvalue weighted by molar-refractivity contribution is 0.673. The Hall–Kier alpha value is -5.60. The summed E-state index contributed by atoms with van der Waals surface area (Å²) in [5.41, 5.74) is 9.80. The van der Waals surface area contributed by atoms with Crippen LogP contribution in [0.3, 0.4) is 0 Å². The first-order chi connectivity index (χ1) is 20.8. The van der Waals surface area contributed by atoms with Gasteiger partial charge in [0, 0.05) is 27.5 Å². The van der Waals surface area contributed by atoms with E-state index in [1.54, 1.807) is 0 Å². The van der Waals surface area contributed by atoms with Gasteiger partial charge < -0.3 is 9.32 Å². The molecule has 0 saturated heterocycles. The molecule has 0 atom stereocenters. The van der Waals surface area contributed by atoms with Crippen LogP contribution in [0.15, 0.2) is 168 Å². The molecule has 8 rings (SSSR count). The van der Waals surface area contributed by atoms with Crippen LogP contribution < -0.4 is 4.90 Å². The van der Waals surface area contributed by atoms with E-state index in [-0.39, 0.29) is 0 Å². The largest absolute Gasteiger partial charge is 0.453 e. The zero-order valence-corrected chi connectivity index (χ0v) is 22.9. The molecule has 1 heterocycles. The maximum Gasteiger partial charge on any atom is 0.159 e. The highest BCUT2D eigenvalue weighted by Gasteiger charge is 2.21. The highest BCUT2D eigenvalue weighted by molar-refractivity contribution is 6.21. The number of hydrogen-bond donors (Lipinski definition) is 0. The quantitative estimate of drug-likeness (QED) is 0.217. The van der Waals surface area contributed by atoms with Gasteiger partial charge in [-0.1, -0.05) is 127 Å². The van der Waals surface area contributed by atoms with Crippen LogP contribution in [0, 0.1) is 0 Å². The minimum Gasteiger partial charge on any atom is -0.453 e. The Balaban J connectivity index is 1.36. The Kier molecular flexibility index (Phi) is 5.82. The molecule has 8 aromatic rings. The van der Waals surface area contributed by atoms with E-state index in [9.17, 15) is 0 Å². The third-order valence-corrected chi connectivity index (χ3v) is 8.06. The molecule has 0 aliphatic carbocycles. The van der Waals surface area contributed by atoms with Gasteiger partial charge in [-0.15, -0.1) is 0 Å². The second-order valence-corrected chi connectivity index (χ2v) is 10.6. The number of para-hydroxylation sites is 3. The fourth-order valence-corrected chi connectivity index (χ4v) is 6.07. The number of anilines is 3. The van der Waals surface area contributed by atoms with Gasteiger partial charge in [0.25, 0.3) is 0 Å². The maximum atomic E-state index is 6.85. The van der Waals surface area contributed by atoms with Crippen LogP contribution in [0.4, 0.5) is 17.1 Å². The average Bonchev–Trinajstić information content (AvgIpc) is 3.46. The first-order valence-electron chi connectivity index (χ1n) is 14.3. The van der Waals surface area contributed by atoms with Gasteiger partial charge in [-0.3, -0.25) is 0 Å². The fourth-order valence-electron chi connectivity index (χ4n) is 6.07. The topological polar surface area (TPSA) is 16.4 Å². The third kappa shape index (κ3) is 4.05. The maximum absolute atomic E-state index is 6.85. The van der Waals surface area contributed by atoms with Crippen molar-refractivity contribution in [3.05, 3.63) is 164 Å². The minimum atomic E-state index is 0.877. The Bertz CT molecular complexity index is 2120. The van der Waals surface area contributed by atoms with Crippen molar-refractivity contribution in [2.45, 2.75) is 0 Å². The summed E-state index contributed by atoms with van der Waals surface area (Å²) >= 11 is 0. The van der Waals surface area contributed by atoms with Crippen molar-refractivity contribution in [3.63, 3.8) is 0 Å². The first kappa shape index (κ1) is 24.2. The van der Waals surface area contributed by atoms with E-state index >= 15 is 0 Å². The molecule has 0 bridgehead atoms. The monoisotopic (exact) mass is 537 g/mol. The smallest absolute Gasteiger partial charge is 0.159 e. The first-order valence-corrected chi connectivity index (χ1v) is 14.3. The second kappa shape index (κ2) is 10.1. The van der Waals surface area contributed by atoms with Crippen LogP contribution in [-0.2, 0) is 0 Å². The molecule has 7 aromatic carbocycles. The molecular weight excluding hydrogens is 510 g/mol. The predicted molar refractivity (Wildman–Crippen MR) is 177 cm³/mol. The van der Waals surface area contributed by atoms with Crippen molar-refractivity contribution in [1.82, 2.24) is 0 Å². The number of nitrogens with zero attached hydrogens (tertiary/aromatic N) is 1. The standard InChI is InChI=1S/C40H27NO/c1-4-13-28(14-5-1)29-23-25-30(26-24-29)36-27-37-35-21-12-22-38(40(35)42-39(37)34-20-11-10-19-33(34)36)41(31-15-6-2-7-16-31)32-17-8-3-9-18-32/h1-27H. The number of fused-ring (bicyclic) bond motifs is 5. The van der Waals surface area contributed by atoms with Crippen LogP contribution in [-0.4, -0.2) is 0 Å². The lowest BCUT2D eigenvalue weighted by Crippen LogP contribution is -2.09. The molecule has 0 amide bonds. The summed E-state index contributed by atoms with van der Waals surface area (Å²) in [4.78, 5) is 2.27. The van der Waals surface area contributed by atoms with Crippen molar-refractivity contribution in [3.8, 4) is 22.3 Å². The van der Waals surface area contributed by atoms with Gasteiger partial charge >= 0.3 is 0 Å². The average molecular weight is 538 g/mol. The molecule has 2 nitrogen and oxygen atoms in total. The molecule has 0 aliphatic rings. The number of benzene rings is 7. The summed E-state index contributed by atoms with van der Waals surface area (Å²) < 4.78 is 6.85. The summed E-state index contributed by atoms with van der Waals surface area (Å²) in [5, 5.41) is 4.52. The molecule has 0 N–H and O–H groups in total. The van der Waals surface area contributed by atoms with E-state index in [1.165, 1.54) is 27.6 Å². The van der Waals surface area contributed by atoms with Crippen LogP contribution in [0.5, 0.6) is 0 Å². The van der Waals surface area contributed by atoms with Crippen molar-refractivity contribution >= 4 is 49.8 Å². The van der Waals surface area contributed by atoms with Gasteiger partial charge in [0.1, 0.15) is 5.58 Å². The number of hydrogen-bond acceptors (Lipinski definition) is 2. The van der Waals surface area contributed by atoms with E-state index in [1.807, 2.05) is 0 Å². The zero-order chi connectivity index (χ0) is 27.9. The molecule has 1 aromatic heterocycles. The van der Waals surface area contributed by atoms with E-state index < -0.39 is 0 Å². The van der Waals surface area contributed by atoms with Crippen LogP contribution in [0.1, 0.15) is 0 Å². The number of rotatable bonds is 5. The SMILES string of the molecule is c1ccc(-c2ccc(-c3cc4c5cccc(N(c6ccccc6)c6ccccc6)c5oc4c4ccccc34)cc2)cc1. The molecular formula is C40H27NO. The summed E-state index contributed by atoms with van der Waals surface area (Å²) in [6.07, 6.45) is 0. The van der Waals surface area contributed by atoms with Gasteiger partial charge in [0.05, 0.1) is 5.69 Å². The molecule has 0 fully saturated rings. The van der Waals surface area contributed by atoms with E-state index in [0.29, 0.717) is 0 Å². The van der Waals surface area contributed by atoms with Crippen molar-refractivity contribution in [2.24, 2.45) is 0 Å². The van der Waals surface area contributed by atoms with Gasteiger partial charge in [0.15, 0.2) is 5.58 Å². The van der Waals surface area contributed by atoms with E-state index in [0.717, 1.165) is 44.4 Å². The Morgan fingerprint density at radius 3 is 1.52 bits per heavy atom. The second-order valence-electron chi connectivity index (χ2n) is 10.6. The normalized spacial score (nSPS) is 11.3. The molecule has 0 unspecified atom stereocenters. The Morgan fingerprint density at radius 1 is 0.357 bits per heavy atom. The van der Waals surface area contributed by atoms with Gasteiger partial charge in [-0.05, 0) is 64.0 Å². The molecule has 0 saturated carbocycles. The summed E-state index contributed by atoms with van der Waals surface area (Å²) in [6.45, 7) is 0. The van der Waals surface area contributed by atoms with E-state index in [4.69, 9.17) is 4.42 Å². The summed E-state index contributed by atoms with van der Waals surface area (Å²) in [5.74, 6) is 0. The Morgan fingerprint density at radius 2 is 0.857 bits per heavy atom. The predicted octanol–water partition coefficient (Wildman–Crippen LogP) is 11.5. The minimum absolute atomic E-state index is 0.877. The van der Waals surface area contributed by atoms with Crippen LogP contribution in [0.2, 0.25) is 0 Å². The lowest BCUT2D eigenvalue weighted by Gasteiger charge is -2.25. The third-order valence-electron chi connectivity index (χ3n) is 8.06. The van der Waals surface area contributed by atoms with Crippen molar-refractivity contribution in [2.75, 3.05) is 4.90 Å². The summed E-state index contributed by atoms with van der Waals surface area (Å²) in [7, 11) is 0. The summed E-state index contributed by atoms with van der Waals surface area (Å²) in [6, 6.07) is 57.7. The van der Waals surface area contributed by atoms with Crippen molar-refractivity contribution < 1.29 is 4.42 Å². The van der Waals surface area contributed by atoms with E-state index in [2.05, 4.69) is 169 Å². The van der Waals surface area contributed by atoms with Crippen molar-refractivity contribution in [1.29, 1.82) is 0 Å². The highest BCUT2D eigenvalue weighted by Crippen LogP contribution is 2.45. The molecule has 198 valence electrons. The lowest BCUT2D eigenvalue weighted by atomic mass is 9.94. The van der Waals surface area contributed by atoms with Gasteiger partial charge in [-0.25, -0.2) is 0 Å². The molecule has 2 heteroatoms. The van der Waals surface area contributed by atoms with Crippen LogP contribution in [0.25, 0.3) is 55.0 Å². The number of furan rings is 1. The Labute approximate surface area is 244 Å². The van der Waals surface area contributed by atoms with Gasteiger partial charge in [-0.2, -0.15) is 0 Å². The molecule has 0 radical (unpaired) electrons.